The molecule has 1 atom stereocenters. The first-order valence-electron chi connectivity index (χ1n) is 7.96. The van der Waals surface area contributed by atoms with Crippen LogP contribution in [0.2, 0.25) is 0 Å². The molecule has 23 heavy (non-hydrogen) atoms. The number of benzene rings is 1. The molecule has 0 saturated carbocycles. The minimum atomic E-state index is -0.502. The first kappa shape index (κ1) is 19.2. The maximum Gasteiger partial charge on any atom is 0.251 e. The normalized spacial score (nSPS) is 12.8. The molecule has 0 aliphatic heterocycles. The van der Waals surface area contributed by atoms with E-state index in [2.05, 4.69) is 10.6 Å². The second-order valence-corrected chi connectivity index (χ2v) is 7.27. The summed E-state index contributed by atoms with van der Waals surface area (Å²) in [6.45, 7) is 9.48. The summed E-state index contributed by atoms with van der Waals surface area (Å²) < 4.78 is 0. The Balaban J connectivity index is 2.79. The van der Waals surface area contributed by atoms with Gasteiger partial charge in [-0.2, -0.15) is 0 Å². The Hall–Kier alpha value is -1.88. The second kappa shape index (κ2) is 8.11. The van der Waals surface area contributed by atoms with Gasteiger partial charge in [-0.1, -0.05) is 40.7 Å². The Labute approximate surface area is 138 Å². The van der Waals surface area contributed by atoms with Crippen LogP contribution in [0.25, 0.3) is 0 Å². The van der Waals surface area contributed by atoms with Crippen molar-refractivity contribution in [2.24, 2.45) is 11.3 Å². The molecule has 0 aromatic heterocycles. The highest BCUT2D eigenvalue weighted by atomic mass is 16.3. The lowest BCUT2D eigenvalue weighted by Gasteiger charge is -2.19. The molecule has 0 bridgehead atoms. The lowest BCUT2D eigenvalue weighted by atomic mass is 9.95. The highest BCUT2D eigenvalue weighted by Crippen LogP contribution is 2.18. The van der Waals surface area contributed by atoms with E-state index in [1.165, 1.54) is 0 Å². The molecule has 1 aromatic carbocycles. The van der Waals surface area contributed by atoms with Crippen molar-refractivity contribution in [1.29, 1.82) is 0 Å². The molecule has 5 heteroatoms. The predicted molar refractivity (Wildman–Crippen MR) is 92.3 cm³/mol. The molecule has 0 fully saturated rings. The quantitative estimate of drug-likeness (QED) is 0.754. The van der Waals surface area contributed by atoms with Crippen molar-refractivity contribution in [2.45, 2.75) is 47.1 Å². The third kappa shape index (κ3) is 6.40. The smallest absolute Gasteiger partial charge is 0.251 e. The third-order valence-electron chi connectivity index (χ3n) is 3.38. The van der Waals surface area contributed by atoms with Crippen LogP contribution in [0.15, 0.2) is 24.3 Å². The summed E-state index contributed by atoms with van der Waals surface area (Å²) in [5.41, 5.74) is 0.540. The fraction of sp³-hybridized carbons (Fsp3) is 0.556. The number of aliphatic hydroxyl groups excluding tert-OH is 1. The van der Waals surface area contributed by atoms with Crippen molar-refractivity contribution in [3.05, 3.63) is 29.8 Å². The zero-order valence-corrected chi connectivity index (χ0v) is 14.6. The molecule has 0 saturated heterocycles. The van der Waals surface area contributed by atoms with Gasteiger partial charge in [0.15, 0.2) is 0 Å². The van der Waals surface area contributed by atoms with Crippen molar-refractivity contribution in [3.63, 3.8) is 0 Å². The second-order valence-electron chi connectivity index (χ2n) is 7.27. The van der Waals surface area contributed by atoms with Crippen LogP contribution in [0.5, 0.6) is 0 Å². The molecule has 5 nitrogen and oxygen atoms in total. The van der Waals surface area contributed by atoms with Gasteiger partial charge in [-0.05, 0) is 30.5 Å². The molecule has 1 aromatic rings. The number of carbonyl (C=O) groups is 2. The van der Waals surface area contributed by atoms with Crippen molar-refractivity contribution < 1.29 is 14.7 Å². The number of carbonyl (C=O) groups excluding carboxylic acids is 2. The van der Waals surface area contributed by atoms with E-state index in [9.17, 15) is 14.7 Å². The van der Waals surface area contributed by atoms with Crippen LogP contribution in [0.4, 0.5) is 5.69 Å². The first-order chi connectivity index (χ1) is 10.6. The summed E-state index contributed by atoms with van der Waals surface area (Å²) in [6, 6.07) is 6.53. The van der Waals surface area contributed by atoms with Crippen LogP contribution >= 0.6 is 0 Å². The number of rotatable bonds is 6. The Bertz CT molecular complexity index is 547. The summed E-state index contributed by atoms with van der Waals surface area (Å²) in [5, 5.41) is 15.0. The van der Waals surface area contributed by atoms with Gasteiger partial charge in [0.25, 0.3) is 5.91 Å². The van der Waals surface area contributed by atoms with Crippen LogP contribution in [0.1, 0.15) is 51.4 Å². The molecule has 1 rings (SSSR count). The van der Waals surface area contributed by atoms with Gasteiger partial charge in [0.05, 0.1) is 12.6 Å². The highest BCUT2D eigenvalue weighted by Gasteiger charge is 2.21. The molecule has 0 heterocycles. The van der Waals surface area contributed by atoms with Gasteiger partial charge in [-0.3, -0.25) is 9.59 Å². The van der Waals surface area contributed by atoms with E-state index in [1.807, 2.05) is 34.6 Å². The van der Waals surface area contributed by atoms with Gasteiger partial charge in [-0.15, -0.1) is 0 Å². The lowest BCUT2D eigenvalue weighted by molar-refractivity contribution is -0.123. The molecular formula is C18H28N2O3. The number of nitrogens with one attached hydrogen (secondary N) is 2. The average Bonchev–Trinajstić information content (AvgIpc) is 2.45. The van der Waals surface area contributed by atoms with Crippen LogP contribution in [0, 0.1) is 11.3 Å². The Morgan fingerprint density at radius 2 is 1.87 bits per heavy atom. The zero-order valence-electron chi connectivity index (χ0n) is 14.6. The third-order valence-corrected chi connectivity index (χ3v) is 3.38. The van der Waals surface area contributed by atoms with Crippen molar-refractivity contribution in [2.75, 3.05) is 11.9 Å². The standard InChI is InChI=1S/C18H28N2O3/c1-12(2)9-15(11-21)19-16(22)13-7-6-8-14(10-13)20-17(23)18(3,4)5/h6-8,10,12,15,21H,9,11H2,1-5H3,(H,19,22)(H,20,23). The molecule has 0 spiro atoms. The Morgan fingerprint density at radius 3 is 2.39 bits per heavy atom. The molecular weight excluding hydrogens is 292 g/mol. The SMILES string of the molecule is CC(C)CC(CO)NC(=O)c1cccc(NC(=O)C(C)(C)C)c1. The van der Waals surface area contributed by atoms with Gasteiger partial charge in [0, 0.05) is 16.7 Å². The van der Waals surface area contributed by atoms with Gasteiger partial charge in [-0.25, -0.2) is 0 Å². The predicted octanol–water partition coefficient (Wildman–Crippen LogP) is 2.81. The van der Waals surface area contributed by atoms with Gasteiger partial charge in [0.2, 0.25) is 5.91 Å². The maximum absolute atomic E-state index is 12.3. The van der Waals surface area contributed by atoms with Gasteiger partial charge < -0.3 is 15.7 Å². The number of aliphatic hydroxyl groups is 1. The fourth-order valence-corrected chi connectivity index (χ4v) is 2.07. The largest absolute Gasteiger partial charge is 0.394 e. The van der Waals surface area contributed by atoms with Crippen LogP contribution in [-0.4, -0.2) is 29.6 Å². The number of anilines is 1. The molecule has 0 radical (unpaired) electrons. The van der Waals surface area contributed by atoms with Crippen LogP contribution in [0.3, 0.4) is 0 Å². The molecule has 3 N–H and O–H groups in total. The first-order valence-corrected chi connectivity index (χ1v) is 7.96. The van der Waals surface area contributed by atoms with E-state index < -0.39 is 5.41 Å². The summed E-state index contributed by atoms with van der Waals surface area (Å²) in [7, 11) is 0. The van der Waals surface area contributed by atoms with Crippen LogP contribution < -0.4 is 10.6 Å². The van der Waals surface area contributed by atoms with Crippen molar-refractivity contribution in [3.8, 4) is 0 Å². The number of hydrogen-bond acceptors (Lipinski definition) is 3. The Kier molecular flexibility index (Phi) is 6.76. The van der Waals surface area contributed by atoms with E-state index >= 15 is 0 Å². The summed E-state index contributed by atoms with van der Waals surface area (Å²) >= 11 is 0. The number of hydrogen-bond donors (Lipinski definition) is 3. The summed E-state index contributed by atoms with van der Waals surface area (Å²) in [5.74, 6) is 0.0181. The van der Waals surface area contributed by atoms with Gasteiger partial charge >= 0.3 is 0 Å². The maximum atomic E-state index is 12.3. The average molecular weight is 320 g/mol. The minimum Gasteiger partial charge on any atom is -0.394 e. The molecule has 2 amide bonds. The van der Waals surface area contributed by atoms with Crippen molar-refractivity contribution >= 4 is 17.5 Å². The van der Waals surface area contributed by atoms with E-state index in [0.29, 0.717) is 23.6 Å². The van der Waals surface area contributed by atoms with Gasteiger partial charge in [0.1, 0.15) is 0 Å². The number of amides is 2. The lowest BCUT2D eigenvalue weighted by Crippen LogP contribution is -2.38. The molecule has 0 aliphatic rings. The molecule has 128 valence electrons. The summed E-state index contributed by atoms with van der Waals surface area (Å²) in [6.07, 6.45) is 0.711. The zero-order chi connectivity index (χ0) is 17.6. The van der Waals surface area contributed by atoms with E-state index in [4.69, 9.17) is 0 Å². The van der Waals surface area contributed by atoms with E-state index in [0.717, 1.165) is 0 Å². The molecule has 0 aliphatic carbocycles. The van der Waals surface area contributed by atoms with Crippen LogP contribution in [-0.2, 0) is 4.79 Å². The minimum absolute atomic E-state index is 0.0929. The topological polar surface area (TPSA) is 78.4 Å². The summed E-state index contributed by atoms with van der Waals surface area (Å²) in [4.78, 5) is 24.3. The monoisotopic (exact) mass is 320 g/mol. The van der Waals surface area contributed by atoms with E-state index in [1.54, 1.807) is 24.3 Å². The Morgan fingerprint density at radius 1 is 1.22 bits per heavy atom. The van der Waals surface area contributed by atoms with E-state index in [-0.39, 0.29) is 24.5 Å². The van der Waals surface area contributed by atoms with Crippen molar-refractivity contribution in [1.82, 2.24) is 5.32 Å². The molecule has 1 unspecified atom stereocenters. The highest BCUT2D eigenvalue weighted by molar-refractivity contribution is 5.98. The fourth-order valence-electron chi connectivity index (χ4n) is 2.07.